The van der Waals surface area contributed by atoms with E-state index >= 15 is 0 Å². The Morgan fingerprint density at radius 3 is 2.86 bits per heavy atom. The summed E-state index contributed by atoms with van der Waals surface area (Å²) < 4.78 is 0. The number of hydrogen-bond acceptors (Lipinski definition) is 4. The first-order chi connectivity index (χ1) is 9.98. The lowest BCUT2D eigenvalue weighted by Crippen LogP contribution is -2.60. The summed E-state index contributed by atoms with van der Waals surface area (Å²) in [5, 5.41) is 10.3. The average Bonchev–Trinajstić information content (AvgIpc) is 2.53. The smallest absolute Gasteiger partial charge is 0.141 e. The normalized spacial score (nSPS) is 53.0. The molecule has 1 unspecified atom stereocenters. The number of aliphatic hydroxyl groups excluding tert-OH is 1. The number of piperidine rings is 1. The Balaban J connectivity index is 1.86. The molecule has 2 saturated heterocycles. The van der Waals surface area contributed by atoms with Gasteiger partial charge in [0.2, 0.25) is 0 Å². The van der Waals surface area contributed by atoms with Gasteiger partial charge in [0.05, 0.1) is 11.5 Å². The minimum absolute atomic E-state index is 0.228. The van der Waals surface area contributed by atoms with Crippen molar-refractivity contribution in [1.82, 2.24) is 4.90 Å². The number of ketones is 2. The molecule has 0 aromatic rings. The number of nitrogens with zero attached hydrogens (tertiary/aromatic N) is 1. The summed E-state index contributed by atoms with van der Waals surface area (Å²) in [6.45, 7) is 4.43. The Kier molecular flexibility index (Phi) is 2.90. The first kappa shape index (κ1) is 13.9. The number of carbonyl (C=O) groups excluding carboxylic acids is 2. The van der Waals surface area contributed by atoms with E-state index in [1.807, 2.05) is 0 Å². The van der Waals surface area contributed by atoms with Crippen molar-refractivity contribution < 1.29 is 14.7 Å². The number of carbonyl (C=O) groups is 2. The van der Waals surface area contributed by atoms with Gasteiger partial charge in [0.25, 0.3) is 0 Å². The Morgan fingerprint density at radius 1 is 1.24 bits per heavy atom. The van der Waals surface area contributed by atoms with Crippen LogP contribution in [0, 0.1) is 22.7 Å². The molecule has 4 rings (SSSR count). The van der Waals surface area contributed by atoms with Gasteiger partial charge in [0, 0.05) is 31.3 Å². The molecule has 2 heterocycles. The van der Waals surface area contributed by atoms with Gasteiger partial charge in [0.1, 0.15) is 11.6 Å². The first-order valence-electron chi connectivity index (χ1n) is 8.45. The first-order valence-corrected chi connectivity index (χ1v) is 8.45. The fourth-order valence-electron chi connectivity index (χ4n) is 6.22. The maximum atomic E-state index is 13.1. The third-order valence-corrected chi connectivity index (χ3v) is 6.83. The Labute approximate surface area is 125 Å². The van der Waals surface area contributed by atoms with Gasteiger partial charge in [-0.2, -0.15) is 0 Å². The molecule has 2 aliphatic heterocycles. The molecule has 0 amide bonds. The van der Waals surface area contributed by atoms with E-state index in [0.717, 1.165) is 25.8 Å². The quantitative estimate of drug-likeness (QED) is 0.733. The second kappa shape index (κ2) is 4.39. The zero-order chi connectivity index (χ0) is 14.8. The van der Waals surface area contributed by atoms with Gasteiger partial charge in [-0.1, -0.05) is 6.92 Å². The minimum atomic E-state index is -0.580. The van der Waals surface area contributed by atoms with E-state index in [-0.39, 0.29) is 11.7 Å². The molecule has 2 saturated carbocycles. The summed E-state index contributed by atoms with van der Waals surface area (Å²) in [7, 11) is 0. The predicted molar refractivity (Wildman–Crippen MR) is 77.7 cm³/mol. The van der Waals surface area contributed by atoms with Gasteiger partial charge in [-0.25, -0.2) is 0 Å². The summed E-state index contributed by atoms with van der Waals surface area (Å²) >= 11 is 0. The van der Waals surface area contributed by atoms with Crippen LogP contribution in [0.1, 0.15) is 45.4 Å². The molecule has 4 aliphatic rings. The van der Waals surface area contributed by atoms with Gasteiger partial charge in [-0.05, 0) is 44.1 Å². The number of hydrogen-bond donors (Lipinski definition) is 1. The highest BCUT2D eigenvalue weighted by atomic mass is 16.3. The van der Waals surface area contributed by atoms with Crippen LogP contribution >= 0.6 is 0 Å². The summed E-state index contributed by atoms with van der Waals surface area (Å²) in [4.78, 5) is 28.3. The number of aliphatic hydroxyl groups is 1. The lowest BCUT2D eigenvalue weighted by Gasteiger charge is -2.52. The molecule has 6 atom stereocenters. The highest BCUT2D eigenvalue weighted by Crippen LogP contribution is 2.65. The molecule has 116 valence electrons. The van der Waals surface area contributed by atoms with Gasteiger partial charge in [0.15, 0.2) is 0 Å². The third-order valence-electron chi connectivity index (χ3n) is 6.83. The number of fused-ring (bicyclic) bond motifs is 1. The molecule has 4 nitrogen and oxygen atoms in total. The van der Waals surface area contributed by atoms with Crippen LogP contribution in [0.3, 0.4) is 0 Å². The Hall–Kier alpha value is -0.740. The molecule has 0 aromatic heterocycles. The van der Waals surface area contributed by atoms with Crippen LogP contribution < -0.4 is 0 Å². The Bertz CT molecular complexity index is 504. The standard InChI is InChI=1S/C17H25NO3/c1-11-5-12-7-14(20)16-8-13(19)9-18(10-16)4-2-3-17(12,16)15(21)6-11/h11-13,19H,2-10H2,1H3/t11-,12+,13+,16+,17-/m1/s1. The van der Waals surface area contributed by atoms with Crippen LogP contribution in [-0.4, -0.2) is 47.3 Å². The van der Waals surface area contributed by atoms with E-state index in [9.17, 15) is 14.7 Å². The summed E-state index contributed by atoms with van der Waals surface area (Å²) in [6, 6.07) is 0. The molecule has 4 fully saturated rings. The lowest BCUT2D eigenvalue weighted by atomic mass is 9.51. The molecule has 2 aliphatic carbocycles. The largest absolute Gasteiger partial charge is 0.392 e. The average molecular weight is 291 g/mol. The van der Waals surface area contributed by atoms with Gasteiger partial charge in [-0.3, -0.25) is 14.5 Å². The van der Waals surface area contributed by atoms with Crippen molar-refractivity contribution in [3.8, 4) is 0 Å². The highest BCUT2D eigenvalue weighted by molar-refractivity contribution is 6.00. The minimum Gasteiger partial charge on any atom is -0.392 e. The van der Waals surface area contributed by atoms with Crippen molar-refractivity contribution in [2.45, 2.75) is 51.6 Å². The monoisotopic (exact) mass is 291 g/mol. The second-order valence-electron chi connectivity index (χ2n) is 8.04. The number of rotatable bonds is 0. The van der Waals surface area contributed by atoms with Crippen LogP contribution in [0.25, 0.3) is 0 Å². The predicted octanol–water partition coefficient (Wildman–Crippen LogP) is 1.41. The van der Waals surface area contributed by atoms with Crippen molar-refractivity contribution in [1.29, 1.82) is 0 Å². The maximum absolute atomic E-state index is 13.1. The van der Waals surface area contributed by atoms with E-state index < -0.39 is 16.9 Å². The van der Waals surface area contributed by atoms with Gasteiger partial charge < -0.3 is 5.11 Å². The molecular formula is C17H25NO3. The molecule has 0 aromatic carbocycles. The molecule has 4 heteroatoms. The fourth-order valence-corrected chi connectivity index (χ4v) is 6.22. The summed E-state index contributed by atoms with van der Waals surface area (Å²) in [5.74, 6) is 1.23. The summed E-state index contributed by atoms with van der Waals surface area (Å²) in [6.07, 6.45) is 4.10. The Morgan fingerprint density at radius 2 is 2.05 bits per heavy atom. The van der Waals surface area contributed by atoms with E-state index in [4.69, 9.17) is 0 Å². The van der Waals surface area contributed by atoms with Crippen LogP contribution in [0.4, 0.5) is 0 Å². The van der Waals surface area contributed by atoms with E-state index in [1.54, 1.807) is 0 Å². The SMILES string of the molecule is C[C@H]1CC(=O)[C@]23CCCN4C[C@@H](O)C[C@]2(C4)C(=O)C[C@@H]3C1. The number of Topliss-reactive ketones (excluding diaryl/α,β-unsaturated/α-hetero) is 2. The van der Waals surface area contributed by atoms with E-state index in [0.29, 0.717) is 44.1 Å². The molecule has 2 spiro atoms. The molecular weight excluding hydrogens is 266 g/mol. The van der Waals surface area contributed by atoms with Crippen molar-refractivity contribution in [3.05, 3.63) is 0 Å². The van der Waals surface area contributed by atoms with Crippen molar-refractivity contribution in [2.75, 3.05) is 19.6 Å². The van der Waals surface area contributed by atoms with Crippen molar-refractivity contribution >= 4 is 11.6 Å². The third kappa shape index (κ3) is 1.63. The van der Waals surface area contributed by atoms with Gasteiger partial charge in [-0.15, -0.1) is 0 Å². The zero-order valence-electron chi connectivity index (χ0n) is 12.8. The summed E-state index contributed by atoms with van der Waals surface area (Å²) in [5.41, 5.74) is -1.03. The topological polar surface area (TPSA) is 57.6 Å². The van der Waals surface area contributed by atoms with Gasteiger partial charge >= 0.3 is 0 Å². The maximum Gasteiger partial charge on any atom is 0.141 e. The molecule has 21 heavy (non-hydrogen) atoms. The highest BCUT2D eigenvalue weighted by Gasteiger charge is 2.70. The van der Waals surface area contributed by atoms with Crippen molar-refractivity contribution in [2.24, 2.45) is 22.7 Å². The van der Waals surface area contributed by atoms with E-state index in [1.165, 1.54) is 0 Å². The molecule has 0 radical (unpaired) electrons. The molecule has 2 bridgehead atoms. The van der Waals surface area contributed by atoms with Crippen LogP contribution in [0.15, 0.2) is 0 Å². The van der Waals surface area contributed by atoms with E-state index in [2.05, 4.69) is 11.8 Å². The van der Waals surface area contributed by atoms with Crippen LogP contribution in [0.2, 0.25) is 0 Å². The molecule has 1 N–H and O–H groups in total. The van der Waals surface area contributed by atoms with Crippen LogP contribution in [0.5, 0.6) is 0 Å². The second-order valence-corrected chi connectivity index (χ2v) is 8.04. The lowest BCUT2D eigenvalue weighted by molar-refractivity contribution is -0.157. The fraction of sp³-hybridized carbons (Fsp3) is 0.882. The van der Waals surface area contributed by atoms with Crippen LogP contribution in [-0.2, 0) is 9.59 Å². The van der Waals surface area contributed by atoms with Crippen molar-refractivity contribution in [3.63, 3.8) is 0 Å². The zero-order valence-corrected chi connectivity index (χ0v) is 12.8.